The van der Waals surface area contributed by atoms with Crippen LogP contribution in [0.1, 0.15) is 17.5 Å². The molecule has 1 heterocycles. The van der Waals surface area contributed by atoms with Gasteiger partial charge in [-0.1, -0.05) is 0 Å². The molecule has 0 radical (unpaired) electrons. The van der Waals surface area contributed by atoms with Crippen LogP contribution in [0, 0.1) is 0 Å². The summed E-state index contributed by atoms with van der Waals surface area (Å²) in [5, 5.41) is 13.0. The quantitative estimate of drug-likeness (QED) is 0.682. The summed E-state index contributed by atoms with van der Waals surface area (Å²) in [6, 6.07) is -0.0823. The zero-order valence-corrected chi connectivity index (χ0v) is 10.2. The number of hydrogen-bond acceptors (Lipinski definition) is 6. The third kappa shape index (κ3) is 3.75. The Morgan fingerprint density at radius 2 is 2.24 bits per heavy atom. The largest absolute Gasteiger partial charge is 0.383 e. The molecular formula is C9H17N5O3. The molecule has 0 aliphatic heterocycles. The van der Waals surface area contributed by atoms with Crippen LogP contribution in [-0.4, -0.2) is 71.5 Å². The Kier molecular flexibility index (Phi) is 5.50. The molecule has 1 atom stereocenters. The van der Waals surface area contributed by atoms with Gasteiger partial charge in [-0.3, -0.25) is 4.79 Å². The number of H-pyrrole nitrogens is 1. The summed E-state index contributed by atoms with van der Waals surface area (Å²) in [4.78, 5) is 13.7. The van der Waals surface area contributed by atoms with Crippen LogP contribution in [0.25, 0.3) is 0 Å². The van der Waals surface area contributed by atoms with E-state index >= 15 is 0 Å². The van der Waals surface area contributed by atoms with E-state index in [0.717, 1.165) is 0 Å². The summed E-state index contributed by atoms with van der Waals surface area (Å²) in [5.41, 5.74) is 0. The number of aromatic nitrogens is 4. The van der Waals surface area contributed by atoms with E-state index in [2.05, 4.69) is 20.6 Å². The van der Waals surface area contributed by atoms with Gasteiger partial charge in [0.1, 0.15) is 0 Å². The van der Waals surface area contributed by atoms with Gasteiger partial charge in [0.05, 0.1) is 19.3 Å². The average Bonchev–Trinajstić information content (AvgIpc) is 2.83. The Morgan fingerprint density at radius 1 is 1.47 bits per heavy atom. The predicted octanol–water partition coefficient (Wildman–Crippen LogP) is -0.677. The number of rotatable bonds is 7. The Bertz CT molecular complexity index is 329. The van der Waals surface area contributed by atoms with Crippen LogP contribution >= 0.6 is 0 Å². The fourth-order valence-corrected chi connectivity index (χ4v) is 1.42. The van der Waals surface area contributed by atoms with E-state index < -0.39 is 0 Å². The molecule has 0 aliphatic rings. The van der Waals surface area contributed by atoms with Gasteiger partial charge in [0.15, 0.2) is 0 Å². The second kappa shape index (κ2) is 6.92. The van der Waals surface area contributed by atoms with Crippen molar-refractivity contribution in [2.45, 2.75) is 13.0 Å². The van der Waals surface area contributed by atoms with Crippen LogP contribution in [0.4, 0.5) is 0 Å². The molecule has 1 rings (SSSR count). The second-order valence-electron chi connectivity index (χ2n) is 3.53. The van der Waals surface area contributed by atoms with Crippen LogP contribution in [0.2, 0.25) is 0 Å². The summed E-state index contributed by atoms with van der Waals surface area (Å²) in [5.74, 6) is -0.246. The fourth-order valence-electron chi connectivity index (χ4n) is 1.42. The molecular weight excluding hydrogens is 226 g/mol. The maximum Gasteiger partial charge on any atom is 0.295 e. The van der Waals surface area contributed by atoms with E-state index in [4.69, 9.17) is 9.47 Å². The molecule has 0 aromatic carbocycles. The Balaban J connectivity index is 2.71. The minimum Gasteiger partial charge on any atom is -0.383 e. The average molecular weight is 243 g/mol. The first-order chi connectivity index (χ1) is 8.20. The van der Waals surface area contributed by atoms with Gasteiger partial charge in [0.2, 0.25) is 0 Å². The number of carbonyl (C=O) groups excluding carboxylic acids is 1. The van der Waals surface area contributed by atoms with E-state index in [1.54, 1.807) is 19.1 Å². The number of nitrogens with one attached hydrogen (secondary N) is 1. The Labute approximate surface area is 99.3 Å². The molecule has 0 bridgehead atoms. The minimum atomic E-state index is -0.291. The standard InChI is InChI=1S/C9H17N5O3/c1-7(6-17-3)14(4-5-16-2)9(15)8-10-12-13-11-8/h7H,4-6H2,1-3H3,(H,10,11,12,13). The molecule has 0 saturated carbocycles. The van der Waals surface area contributed by atoms with Gasteiger partial charge >= 0.3 is 0 Å². The lowest BCUT2D eigenvalue weighted by Gasteiger charge is -2.27. The van der Waals surface area contributed by atoms with Crippen molar-refractivity contribution in [2.24, 2.45) is 0 Å². The molecule has 0 aliphatic carbocycles. The van der Waals surface area contributed by atoms with Crippen molar-refractivity contribution in [1.29, 1.82) is 0 Å². The van der Waals surface area contributed by atoms with E-state index in [0.29, 0.717) is 19.8 Å². The van der Waals surface area contributed by atoms with Gasteiger partial charge in [0.25, 0.3) is 11.7 Å². The smallest absolute Gasteiger partial charge is 0.295 e. The number of amides is 1. The summed E-state index contributed by atoms with van der Waals surface area (Å²) in [7, 11) is 3.17. The first kappa shape index (κ1) is 13.5. The molecule has 0 fully saturated rings. The third-order valence-corrected chi connectivity index (χ3v) is 2.27. The monoisotopic (exact) mass is 243 g/mol. The summed E-state index contributed by atoms with van der Waals surface area (Å²) < 4.78 is 10.0. The van der Waals surface area contributed by atoms with Crippen molar-refractivity contribution in [3.63, 3.8) is 0 Å². The summed E-state index contributed by atoms with van der Waals surface area (Å²) >= 11 is 0. The Morgan fingerprint density at radius 3 is 2.76 bits per heavy atom. The molecule has 17 heavy (non-hydrogen) atoms. The zero-order chi connectivity index (χ0) is 12.7. The van der Waals surface area contributed by atoms with Gasteiger partial charge in [-0.05, 0) is 12.1 Å². The van der Waals surface area contributed by atoms with E-state index in [9.17, 15) is 4.79 Å². The molecule has 8 heteroatoms. The first-order valence-electron chi connectivity index (χ1n) is 5.23. The van der Waals surface area contributed by atoms with Crippen molar-refractivity contribution in [2.75, 3.05) is 34.0 Å². The van der Waals surface area contributed by atoms with Crippen molar-refractivity contribution < 1.29 is 14.3 Å². The third-order valence-electron chi connectivity index (χ3n) is 2.27. The van der Waals surface area contributed by atoms with Crippen LogP contribution in [-0.2, 0) is 9.47 Å². The van der Waals surface area contributed by atoms with Gasteiger partial charge in [-0.2, -0.15) is 5.21 Å². The number of methoxy groups -OCH3 is 2. The lowest BCUT2D eigenvalue weighted by atomic mass is 10.3. The molecule has 1 N–H and O–H groups in total. The van der Waals surface area contributed by atoms with Gasteiger partial charge in [-0.25, -0.2) is 0 Å². The topological polar surface area (TPSA) is 93.2 Å². The van der Waals surface area contributed by atoms with E-state index in [1.165, 1.54) is 0 Å². The van der Waals surface area contributed by atoms with E-state index in [-0.39, 0.29) is 17.8 Å². The zero-order valence-electron chi connectivity index (χ0n) is 10.2. The first-order valence-corrected chi connectivity index (χ1v) is 5.23. The maximum absolute atomic E-state index is 12.1. The molecule has 1 amide bonds. The van der Waals surface area contributed by atoms with Crippen LogP contribution in [0.5, 0.6) is 0 Å². The van der Waals surface area contributed by atoms with Crippen molar-refractivity contribution in [3.8, 4) is 0 Å². The van der Waals surface area contributed by atoms with E-state index in [1.807, 2.05) is 6.92 Å². The van der Waals surface area contributed by atoms with Crippen LogP contribution < -0.4 is 0 Å². The number of nitrogens with zero attached hydrogens (tertiary/aromatic N) is 4. The molecule has 1 aromatic heterocycles. The highest BCUT2D eigenvalue weighted by molar-refractivity contribution is 5.90. The number of aromatic amines is 1. The highest BCUT2D eigenvalue weighted by Gasteiger charge is 2.24. The molecule has 8 nitrogen and oxygen atoms in total. The minimum absolute atomic E-state index is 0.0454. The number of ether oxygens (including phenoxy) is 2. The lowest BCUT2D eigenvalue weighted by Crippen LogP contribution is -2.43. The lowest BCUT2D eigenvalue weighted by molar-refractivity contribution is 0.0469. The number of hydrogen-bond donors (Lipinski definition) is 1. The van der Waals surface area contributed by atoms with Crippen molar-refractivity contribution >= 4 is 5.91 Å². The highest BCUT2D eigenvalue weighted by atomic mass is 16.5. The molecule has 0 spiro atoms. The van der Waals surface area contributed by atoms with Gasteiger partial charge in [-0.15, -0.1) is 10.2 Å². The summed E-state index contributed by atoms with van der Waals surface area (Å²) in [6.07, 6.45) is 0. The van der Waals surface area contributed by atoms with Crippen molar-refractivity contribution in [3.05, 3.63) is 5.82 Å². The Hall–Kier alpha value is -1.54. The number of tetrazole rings is 1. The molecule has 0 saturated heterocycles. The molecule has 96 valence electrons. The SMILES string of the molecule is COCCN(C(=O)c1nn[nH]n1)C(C)COC. The number of carbonyl (C=O) groups is 1. The molecule has 1 aromatic rings. The maximum atomic E-state index is 12.1. The predicted molar refractivity (Wildman–Crippen MR) is 58.4 cm³/mol. The van der Waals surface area contributed by atoms with Crippen molar-refractivity contribution in [1.82, 2.24) is 25.5 Å². The fraction of sp³-hybridized carbons (Fsp3) is 0.778. The second-order valence-corrected chi connectivity index (χ2v) is 3.53. The van der Waals surface area contributed by atoms with Crippen LogP contribution in [0.15, 0.2) is 0 Å². The summed E-state index contributed by atoms with van der Waals surface area (Å²) in [6.45, 7) is 3.22. The van der Waals surface area contributed by atoms with Crippen LogP contribution in [0.3, 0.4) is 0 Å². The van der Waals surface area contributed by atoms with Gasteiger partial charge < -0.3 is 14.4 Å². The van der Waals surface area contributed by atoms with Gasteiger partial charge in [0, 0.05) is 20.8 Å². The normalized spacial score (nSPS) is 12.4. The molecule has 1 unspecified atom stereocenters. The highest BCUT2D eigenvalue weighted by Crippen LogP contribution is 2.04.